The molecule has 0 aromatic carbocycles. The molecule has 1 heterocycles. The highest BCUT2D eigenvalue weighted by atomic mass is 16.5. The van der Waals surface area contributed by atoms with Crippen molar-refractivity contribution in [3.05, 3.63) is 59.9 Å². The fourth-order valence-corrected chi connectivity index (χ4v) is 2.92. The van der Waals surface area contributed by atoms with Crippen molar-refractivity contribution in [2.24, 2.45) is 17.8 Å². The van der Waals surface area contributed by atoms with Gasteiger partial charge >= 0.3 is 0 Å². The van der Waals surface area contributed by atoms with Crippen LogP contribution >= 0.6 is 0 Å². The van der Waals surface area contributed by atoms with E-state index in [1.54, 1.807) is 7.11 Å². The van der Waals surface area contributed by atoms with Gasteiger partial charge in [0.15, 0.2) is 11.5 Å². The Kier molecular flexibility index (Phi) is 2.74. The van der Waals surface area contributed by atoms with E-state index >= 15 is 0 Å². The van der Waals surface area contributed by atoms with E-state index in [0.29, 0.717) is 23.5 Å². The van der Waals surface area contributed by atoms with E-state index in [1.807, 2.05) is 18.4 Å². The smallest absolute Gasteiger partial charge is 0.156 e. The number of ether oxygens (including phenoxy) is 1. The third kappa shape index (κ3) is 1.76. The monoisotopic (exact) mass is 243 g/mol. The van der Waals surface area contributed by atoms with Gasteiger partial charge in [0.25, 0.3) is 0 Å². The second kappa shape index (κ2) is 4.41. The minimum atomic E-state index is 0.258. The Morgan fingerprint density at radius 3 is 3.06 bits per heavy atom. The van der Waals surface area contributed by atoms with Gasteiger partial charge in [0.1, 0.15) is 0 Å². The molecule has 0 amide bonds. The number of hydrogen-bond acceptors (Lipinski definition) is 3. The first kappa shape index (κ1) is 11.2. The van der Waals surface area contributed by atoms with E-state index in [0.717, 1.165) is 6.42 Å². The number of nitrogens with one attached hydrogen (secondary N) is 1. The zero-order chi connectivity index (χ0) is 12.5. The molecule has 3 rings (SSSR count). The maximum Gasteiger partial charge on any atom is 0.156 e. The van der Waals surface area contributed by atoms with Crippen molar-refractivity contribution in [2.75, 3.05) is 7.11 Å². The standard InChI is InChI=1S/C15H17NO2/c1-18-15-6-5-10(9-14(15)17)11-3-2-4-13-12(11)7-8-16-13/h2-4,6-12,16-17H,5H2,1H3. The minimum absolute atomic E-state index is 0.258. The van der Waals surface area contributed by atoms with Gasteiger partial charge in [-0.1, -0.05) is 18.2 Å². The molecule has 3 aliphatic rings. The van der Waals surface area contributed by atoms with Crippen LogP contribution in [0.3, 0.4) is 0 Å². The average Bonchev–Trinajstić information content (AvgIpc) is 2.86. The summed E-state index contributed by atoms with van der Waals surface area (Å²) in [5, 5.41) is 13.2. The molecule has 0 aromatic heterocycles. The Labute approximate surface area is 107 Å². The van der Waals surface area contributed by atoms with Crippen molar-refractivity contribution in [1.29, 1.82) is 0 Å². The molecule has 0 saturated heterocycles. The Balaban J connectivity index is 1.81. The van der Waals surface area contributed by atoms with Crippen LogP contribution in [0.1, 0.15) is 6.42 Å². The highest BCUT2D eigenvalue weighted by Crippen LogP contribution is 2.38. The summed E-state index contributed by atoms with van der Waals surface area (Å²) in [6.45, 7) is 0. The number of aliphatic hydroxyl groups excluding tert-OH is 1. The molecule has 3 unspecified atom stereocenters. The largest absolute Gasteiger partial charge is 0.504 e. The van der Waals surface area contributed by atoms with Crippen LogP contribution in [0.25, 0.3) is 0 Å². The lowest BCUT2D eigenvalue weighted by Crippen LogP contribution is -2.25. The number of allylic oxidation sites excluding steroid dienone is 6. The molecule has 3 heteroatoms. The molecule has 0 radical (unpaired) electrons. The zero-order valence-electron chi connectivity index (χ0n) is 10.3. The molecule has 18 heavy (non-hydrogen) atoms. The first-order chi connectivity index (χ1) is 8.79. The lowest BCUT2D eigenvalue weighted by molar-refractivity contribution is 0.242. The van der Waals surface area contributed by atoms with Crippen molar-refractivity contribution < 1.29 is 9.84 Å². The van der Waals surface area contributed by atoms with Crippen molar-refractivity contribution in [3.63, 3.8) is 0 Å². The molecule has 94 valence electrons. The fourth-order valence-electron chi connectivity index (χ4n) is 2.92. The van der Waals surface area contributed by atoms with Crippen LogP contribution in [0, 0.1) is 17.8 Å². The highest BCUT2D eigenvalue weighted by molar-refractivity contribution is 5.34. The van der Waals surface area contributed by atoms with E-state index in [4.69, 9.17) is 4.74 Å². The Hall–Kier alpha value is -1.90. The summed E-state index contributed by atoms with van der Waals surface area (Å²) < 4.78 is 5.11. The predicted molar refractivity (Wildman–Crippen MR) is 70.4 cm³/mol. The van der Waals surface area contributed by atoms with Gasteiger partial charge in [0, 0.05) is 11.6 Å². The summed E-state index contributed by atoms with van der Waals surface area (Å²) in [7, 11) is 1.58. The third-order valence-corrected chi connectivity index (χ3v) is 3.85. The van der Waals surface area contributed by atoms with Crippen LogP contribution in [-0.2, 0) is 4.74 Å². The maximum atomic E-state index is 9.91. The Morgan fingerprint density at radius 1 is 1.39 bits per heavy atom. The Morgan fingerprint density at radius 2 is 2.28 bits per heavy atom. The van der Waals surface area contributed by atoms with Gasteiger partial charge in [-0.25, -0.2) is 0 Å². The number of aliphatic hydroxyl groups is 1. The molecule has 1 aliphatic heterocycles. The molecule has 0 fully saturated rings. The van der Waals surface area contributed by atoms with E-state index in [2.05, 4.69) is 29.6 Å². The summed E-state index contributed by atoms with van der Waals surface area (Å²) in [5.41, 5.74) is 1.25. The summed E-state index contributed by atoms with van der Waals surface area (Å²) in [5.74, 6) is 1.96. The van der Waals surface area contributed by atoms with Crippen molar-refractivity contribution in [2.45, 2.75) is 6.42 Å². The van der Waals surface area contributed by atoms with Gasteiger partial charge in [-0.05, 0) is 42.7 Å². The predicted octanol–water partition coefficient (Wildman–Crippen LogP) is 2.78. The van der Waals surface area contributed by atoms with Gasteiger partial charge in [-0.3, -0.25) is 0 Å². The maximum absolute atomic E-state index is 9.91. The summed E-state index contributed by atoms with van der Waals surface area (Å²) in [6.07, 6.45) is 15.4. The molecule has 3 nitrogen and oxygen atoms in total. The van der Waals surface area contributed by atoms with Gasteiger partial charge in [0.05, 0.1) is 7.11 Å². The van der Waals surface area contributed by atoms with Crippen LogP contribution in [0.5, 0.6) is 0 Å². The SMILES string of the molecule is COC1=CCC(C2C=CC=C3NC=CC32)C=C1O. The van der Waals surface area contributed by atoms with E-state index < -0.39 is 0 Å². The summed E-state index contributed by atoms with van der Waals surface area (Å²) >= 11 is 0. The number of fused-ring (bicyclic) bond motifs is 1. The van der Waals surface area contributed by atoms with Crippen LogP contribution in [-0.4, -0.2) is 12.2 Å². The van der Waals surface area contributed by atoms with Gasteiger partial charge in [-0.15, -0.1) is 0 Å². The van der Waals surface area contributed by atoms with Gasteiger partial charge in [0.2, 0.25) is 0 Å². The van der Waals surface area contributed by atoms with Crippen molar-refractivity contribution in [1.82, 2.24) is 5.32 Å². The minimum Gasteiger partial charge on any atom is -0.504 e. The normalized spacial score (nSPS) is 33.2. The summed E-state index contributed by atoms with van der Waals surface area (Å²) in [6, 6.07) is 0. The average molecular weight is 243 g/mol. The fraction of sp³-hybridized carbons (Fsp3) is 0.333. The van der Waals surface area contributed by atoms with E-state index in [9.17, 15) is 5.11 Å². The van der Waals surface area contributed by atoms with Crippen LogP contribution < -0.4 is 5.32 Å². The second-order valence-corrected chi connectivity index (χ2v) is 4.84. The molecule has 0 saturated carbocycles. The van der Waals surface area contributed by atoms with Crippen molar-refractivity contribution >= 4 is 0 Å². The second-order valence-electron chi connectivity index (χ2n) is 4.84. The van der Waals surface area contributed by atoms with Crippen LogP contribution in [0.4, 0.5) is 0 Å². The first-order valence-electron chi connectivity index (χ1n) is 6.26. The first-order valence-corrected chi connectivity index (χ1v) is 6.26. The molecule has 2 aliphatic carbocycles. The molecular weight excluding hydrogens is 226 g/mol. The topological polar surface area (TPSA) is 41.5 Å². The quantitative estimate of drug-likeness (QED) is 0.783. The van der Waals surface area contributed by atoms with E-state index in [-0.39, 0.29) is 5.76 Å². The zero-order valence-corrected chi connectivity index (χ0v) is 10.3. The number of hydrogen-bond donors (Lipinski definition) is 2. The third-order valence-electron chi connectivity index (χ3n) is 3.85. The molecule has 3 atom stereocenters. The summed E-state index contributed by atoms with van der Waals surface area (Å²) in [4.78, 5) is 0. The lowest BCUT2D eigenvalue weighted by atomic mass is 9.75. The van der Waals surface area contributed by atoms with Crippen LogP contribution in [0.15, 0.2) is 59.9 Å². The molecule has 0 bridgehead atoms. The van der Waals surface area contributed by atoms with Crippen LogP contribution in [0.2, 0.25) is 0 Å². The molecule has 0 spiro atoms. The lowest BCUT2D eigenvalue weighted by Gasteiger charge is -2.30. The molecule has 0 aromatic rings. The number of rotatable bonds is 2. The van der Waals surface area contributed by atoms with E-state index in [1.165, 1.54) is 5.70 Å². The van der Waals surface area contributed by atoms with Crippen molar-refractivity contribution in [3.8, 4) is 0 Å². The van der Waals surface area contributed by atoms with Gasteiger partial charge in [-0.2, -0.15) is 0 Å². The highest BCUT2D eigenvalue weighted by Gasteiger charge is 2.32. The number of methoxy groups -OCH3 is 1. The molecular formula is C15H17NO2. The molecule has 2 N–H and O–H groups in total. The Bertz CT molecular complexity index is 497. The van der Waals surface area contributed by atoms with Gasteiger partial charge < -0.3 is 15.2 Å².